The van der Waals surface area contributed by atoms with Gasteiger partial charge in [0, 0.05) is 26.6 Å². The molecule has 0 aromatic carbocycles. The highest BCUT2D eigenvalue weighted by Crippen LogP contribution is 2.20. The Morgan fingerprint density at radius 1 is 1.50 bits per heavy atom. The second kappa shape index (κ2) is 7.66. The standard InChI is InChI=1S/C12H22N2O3S/c1-9-3-4-10(17-9)12(15)14(7-8-16-2)6-5-11(13)18/h9-10H,3-8H2,1-2H3,(H2,13,18). The van der Waals surface area contributed by atoms with Crippen LogP contribution in [0.5, 0.6) is 0 Å². The fourth-order valence-corrected chi connectivity index (χ4v) is 2.06. The summed E-state index contributed by atoms with van der Waals surface area (Å²) in [6.07, 6.45) is 2.11. The first-order valence-corrected chi connectivity index (χ1v) is 6.67. The van der Waals surface area contributed by atoms with E-state index in [-0.39, 0.29) is 18.1 Å². The number of carbonyl (C=O) groups is 1. The summed E-state index contributed by atoms with van der Waals surface area (Å²) in [5.74, 6) is 0.0210. The Morgan fingerprint density at radius 2 is 2.22 bits per heavy atom. The molecule has 1 saturated heterocycles. The minimum absolute atomic E-state index is 0.0210. The summed E-state index contributed by atoms with van der Waals surface area (Å²) < 4.78 is 10.6. The average molecular weight is 274 g/mol. The number of methoxy groups -OCH3 is 1. The van der Waals surface area contributed by atoms with Crippen molar-refractivity contribution in [1.82, 2.24) is 4.90 Å². The lowest BCUT2D eigenvalue weighted by atomic mass is 10.2. The van der Waals surface area contributed by atoms with Crippen molar-refractivity contribution in [2.45, 2.75) is 38.4 Å². The normalized spacial score (nSPS) is 23.0. The summed E-state index contributed by atoms with van der Waals surface area (Å²) in [5.41, 5.74) is 5.48. The van der Waals surface area contributed by atoms with Crippen LogP contribution in [0.1, 0.15) is 26.2 Å². The van der Waals surface area contributed by atoms with Crippen molar-refractivity contribution in [2.75, 3.05) is 26.8 Å². The maximum absolute atomic E-state index is 12.3. The zero-order valence-electron chi connectivity index (χ0n) is 11.1. The molecule has 104 valence electrons. The number of hydrogen-bond donors (Lipinski definition) is 1. The zero-order valence-corrected chi connectivity index (χ0v) is 11.9. The van der Waals surface area contributed by atoms with Crippen LogP contribution < -0.4 is 5.73 Å². The number of hydrogen-bond acceptors (Lipinski definition) is 4. The molecule has 1 heterocycles. The lowest BCUT2D eigenvalue weighted by Gasteiger charge is -2.25. The van der Waals surface area contributed by atoms with Gasteiger partial charge in [-0.25, -0.2) is 0 Å². The summed E-state index contributed by atoms with van der Waals surface area (Å²) in [5, 5.41) is 0. The second-order valence-corrected chi connectivity index (χ2v) is 5.07. The van der Waals surface area contributed by atoms with E-state index in [1.165, 1.54) is 0 Å². The highest BCUT2D eigenvalue weighted by molar-refractivity contribution is 7.80. The predicted molar refractivity (Wildman–Crippen MR) is 73.4 cm³/mol. The molecule has 0 bridgehead atoms. The van der Waals surface area contributed by atoms with Crippen LogP contribution in [0.4, 0.5) is 0 Å². The van der Waals surface area contributed by atoms with Crippen LogP contribution in [-0.4, -0.2) is 54.8 Å². The highest BCUT2D eigenvalue weighted by atomic mass is 32.1. The van der Waals surface area contributed by atoms with Crippen LogP contribution in [0, 0.1) is 0 Å². The number of nitrogens with two attached hydrogens (primary N) is 1. The van der Waals surface area contributed by atoms with Gasteiger partial charge in [-0.3, -0.25) is 4.79 Å². The first-order valence-electron chi connectivity index (χ1n) is 6.26. The lowest BCUT2D eigenvalue weighted by Crippen LogP contribution is -2.42. The van der Waals surface area contributed by atoms with E-state index in [9.17, 15) is 4.79 Å². The van der Waals surface area contributed by atoms with Crippen molar-refractivity contribution < 1.29 is 14.3 Å². The third kappa shape index (κ3) is 4.88. The van der Waals surface area contributed by atoms with E-state index in [0.717, 1.165) is 12.8 Å². The monoisotopic (exact) mass is 274 g/mol. The van der Waals surface area contributed by atoms with Crippen molar-refractivity contribution in [2.24, 2.45) is 5.73 Å². The van der Waals surface area contributed by atoms with Gasteiger partial charge in [0.25, 0.3) is 5.91 Å². The van der Waals surface area contributed by atoms with Gasteiger partial charge < -0.3 is 20.1 Å². The molecule has 0 spiro atoms. The maximum atomic E-state index is 12.3. The Bertz CT molecular complexity index is 299. The fourth-order valence-electron chi connectivity index (χ4n) is 1.97. The molecule has 1 amide bonds. The average Bonchev–Trinajstić information content (AvgIpc) is 2.75. The minimum atomic E-state index is -0.316. The molecule has 1 fully saturated rings. The van der Waals surface area contributed by atoms with E-state index in [1.54, 1.807) is 12.0 Å². The highest BCUT2D eigenvalue weighted by Gasteiger charge is 2.31. The van der Waals surface area contributed by atoms with Gasteiger partial charge in [0.2, 0.25) is 0 Å². The van der Waals surface area contributed by atoms with Crippen molar-refractivity contribution in [3.05, 3.63) is 0 Å². The Balaban J connectivity index is 2.51. The number of nitrogens with zero attached hydrogens (tertiary/aromatic N) is 1. The SMILES string of the molecule is COCCN(CCC(N)=S)C(=O)C1CCC(C)O1. The molecule has 0 aromatic rings. The van der Waals surface area contributed by atoms with Crippen molar-refractivity contribution in [3.8, 4) is 0 Å². The number of ether oxygens (including phenoxy) is 2. The molecule has 1 aliphatic rings. The van der Waals surface area contributed by atoms with Gasteiger partial charge in [-0.1, -0.05) is 12.2 Å². The molecular weight excluding hydrogens is 252 g/mol. The molecule has 6 heteroatoms. The molecule has 0 saturated carbocycles. The molecular formula is C12H22N2O3S. The lowest BCUT2D eigenvalue weighted by molar-refractivity contribution is -0.143. The third-order valence-corrected chi connectivity index (χ3v) is 3.22. The zero-order chi connectivity index (χ0) is 13.5. The summed E-state index contributed by atoms with van der Waals surface area (Å²) >= 11 is 4.84. The number of thiocarbonyl (C=S) groups is 1. The van der Waals surface area contributed by atoms with Crippen molar-refractivity contribution >= 4 is 23.1 Å². The van der Waals surface area contributed by atoms with Gasteiger partial charge in [-0.15, -0.1) is 0 Å². The molecule has 1 aliphatic heterocycles. The third-order valence-electron chi connectivity index (χ3n) is 3.01. The van der Waals surface area contributed by atoms with Gasteiger partial charge in [0.05, 0.1) is 17.7 Å². The largest absolute Gasteiger partial charge is 0.393 e. The first kappa shape index (κ1) is 15.3. The fraction of sp³-hybridized carbons (Fsp3) is 0.833. The van der Waals surface area contributed by atoms with Crippen LogP contribution >= 0.6 is 12.2 Å². The van der Waals surface area contributed by atoms with E-state index >= 15 is 0 Å². The quantitative estimate of drug-likeness (QED) is 0.693. The predicted octanol–water partition coefficient (Wildman–Crippen LogP) is 0.705. The van der Waals surface area contributed by atoms with Gasteiger partial charge in [-0.05, 0) is 19.8 Å². The van der Waals surface area contributed by atoms with Gasteiger partial charge in [0.1, 0.15) is 6.10 Å². The van der Waals surface area contributed by atoms with Crippen LogP contribution in [0.15, 0.2) is 0 Å². The van der Waals surface area contributed by atoms with Crippen LogP contribution in [0.2, 0.25) is 0 Å². The summed E-state index contributed by atoms with van der Waals surface area (Å²) in [4.78, 5) is 14.4. The van der Waals surface area contributed by atoms with E-state index in [1.807, 2.05) is 6.92 Å². The number of carbonyl (C=O) groups excluding carboxylic acids is 1. The van der Waals surface area contributed by atoms with Gasteiger partial charge in [0.15, 0.2) is 0 Å². The Labute approximate surface area is 114 Å². The van der Waals surface area contributed by atoms with E-state index in [2.05, 4.69) is 0 Å². The Hall–Kier alpha value is -0.720. The van der Waals surface area contributed by atoms with E-state index in [0.29, 0.717) is 31.1 Å². The van der Waals surface area contributed by atoms with E-state index in [4.69, 9.17) is 27.4 Å². The minimum Gasteiger partial charge on any atom is -0.393 e. The molecule has 0 aromatic heterocycles. The number of amides is 1. The topological polar surface area (TPSA) is 64.8 Å². The van der Waals surface area contributed by atoms with Gasteiger partial charge >= 0.3 is 0 Å². The van der Waals surface area contributed by atoms with Crippen LogP contribution in [-0.2, 0) is 14.3 Å². The Morgan fingerprint density at radius 3 is 2.72 bits per heavy atom. The van der Waals surface area contributed by atoms with Crippen LogP contribution in [0.3, 0.4) is 0 Å². The molecule has 0 radical (unpaired) electrons. The molecule has 5 nitrogen and oxygen atoms in total. The molecule has 0 aliphatic carbocycles. The molecule has 2 atom stereocenters. The van der Waals surface area contributed by atoms with Gasteiger partial charge in [-0.2, -0.15) is 0 Å². The second-order valence-electron chi connectivity index (χ2n) is 4.55. The van der Waals surface area contributed by atoms with Crippen molar-refractivity contribution in [3.63, 3.8) is 0 Å². The molecule has 2 unspecified atom stereocenters. The Kier molecular flexibility index (Phi) is 6.52. The first-order chi connectivity index (χ1) is 8.54. The molecule has 2 N–H and O–H groups in total. The smallest absolute Gasteiger partial charge is 0.251 e. The summed E-state index contributed by atoms with van der Waals surface area (Å²) in [7, 11) is 1.62. The van der Waals surface area contributed by atoms with Crippen molar-refractivity contribution in [1.29, 1.82) is 0 Å². The summed E-state index contributed by atoms with van der Waals surface area (Å²) in [6, 6.07) is 0. The molecule has 1 rings (SSSR count). The van der Waals surface area contributed by atoms with E-state index < -0.39 is 0 Å². The number of rotatable bonds is 7. The van der Waals surface area contributed by atoms with Crippen LogP contribution in [0.25, 0.3) is 0 Å². The maximum Gasteiger partial charge on any atom is 0.251 e. The summed E-state index contributed by atoms with van der Waals surface area (Å²) in [6.45, 7) is 3.57. The molecule has 18 heavy (non-hydrogen) atoms.